The zero-order chi connectivity index (χ0) is 8.41. The van der Waals surface area contributed by atoms with Crippen molar-refractivity contribution in [1.82, 2.24) is 5.32 Å². The molecule has 0 aromatic carbocycles. The molecule has 0 spiro atoms. The van der Waals surface area contributed by atoms with Crippen LogP contribution in [0.15, 0.2) is 0 Å². The predicted octanol–water partition coefficient (Wildman–Crippen LogP) is 2.38. The third-order valence-corrected chi connectivity index (χ3v) is 5.20. The van der Waals surface area contributed by atoms with Gasteiger partial charge in [-0.1, -0.05) is 36.6 Å². The second-order valence-corrected chi connectivity index (χ2v) is 6.77. The minimum Gasteiger partial charge on any atom is -0.323 e. The number of rotatable bonds is 3. The highest BCUT2D eigenvalue weighted by molar-refractivity contribution is 6.58. The molecule has 2 heteroatoms. The van der Waals surface area contributed by atoms with Crippen LogP contribution in [0.1, 0.15) is 20.8 Å². The van der Waals surface area contributed by atoms with Crippen LogP contribution in [0.25, 0.3) is 0 Å². The topological polar surface area (TPSA) is 12.0 Å². The molecular formula is C8H22AlN. The molecule has 0 radical (unpaired) electrons. The molecule has 10 heavy (non-hydrogen) atoms. The summed E-state index contributed by atoms with van der Waals surface area (Å²) in [5.74, 6) is 0. The van der Waals surface area contributed by atoms with Crippen molar-refractivity contribution in [1.29, 1.82) is 0 Å². The molecule has 0 unspecified atom stereocenters. The Bertz CT molecular complexity index is 39.0. The smallest absolute Gasteiger partial charge is 0.261 e. The minimum absolute atomic E-state index is 0.171. The van der Waals surface area contributed by atoms with Gasteiger partial charge in [0.1, 0.15) is 0 Å². The average Bonchev–Trinajstić information content (AvgIpc) is 1.93. The van der Waals surface area contributed by atoms with E-state index in [1.165, 1.54) is 15.8 Å². The van der Waals surface area contributed by atoms with Gasteiger partial charge in [0.05, 0.1) is 0 Å². The molecule has 62 valence electrons. The molecular weight excluding hydrogens is 137 g/mol. The molecule has 0 amide bonds. The zero-order valence-electron chi connectivity index (χ0n) is 8.20. The van der Waals surface area contributed by atoms with E-state index in [1.807, 2.05) is 14.1 Å². The van der Waals surface area contributed by atoms with E-state index in [4.69, 9.17) is 0 Å². The summed E-state index contributed by atoms with van der Waals surface area (Å²) in [6.07, 6.45) is 0. The van der Waals surface area contributed by atoms with Crippen LogP contribution < -0.4 is 5.32 Å². The highest BCUT2D eigenvalue weighted by Gasteiger charge is 2.05. The molecule has 0 aliphatic heterocycles. The van der Waals surface area contributed by atoms with Gasteiger partial charge < -0.3 is 5.32 Å². The maximum atomic E-state index is 2.75. The lowest BCUT2D eigenvalue weighted by atomic mass is 10.9. The fourth-order valence-corrected chi connectivity index (χ4v) is 2.60. The molecule has 0 atom stereocenters. The highest BCUT2D eigenvalue weighted by Crippen LogP contribution is 2.01. The molecule has 0 fully saturated rings. The van der Waals surface area contributed by atoms with Crippen LogP contribution >= 0.6 is 0 Å². The second-order valence-electron chi connectivity index (χ2n) is 2.59. The van der Waals surface area contributed by atoms with E-state index >= 15 is 0 Å². The van der Waals surface area contributed by atoms with E-state index in [1.54, 1.807) is 0 Å². The van der Waals surface area contributed by atoms with E-state index < -0.39 is 0 Å². The third-order valence-electron chi connectivity index (χ3n) is 1.73. The van der Waals surface area contributed by atoms with Gasteiger partial charge in [-0.3, -0.25) is 0 Å². The Morgan fingerprint density at radius 2 is 1.10 bits per heavy atom. The van der Waals surface area contributed by atoms with Crippen LogP contribution in [0.4, 0.5) is 0 Å². The Balaban J connectivity index is 0. The number of hydrogen-bond donors (Lipinski definition) is 1. The van der Waals surface area contributed by atoms with Crippen LogP contribution in [0.5, 0.6) is 0 Å². The largest absolute Gasteiger partial charge is 0.323 e. The lowest BCUT2D eigenvalue weighted by Crippen LogP contribution is -2.04. The molecule has 0 saturated carbocycles. The van der Waals surface area contributed by atoms with Crippen molar-refractivity contribution in [3.8, 4) is 0 Å². The fourth-order valence-electron chi connectivity index (χ4n) is 0.866. The molecule has 0 bridgehead atoms. The van der Waals surface area contributed by atoms with Crippen LogP contribution in [0.3, 0.4) is 0 Å². The van der Waals surface area contributed by atoms with Crippen LogP contribution in [0, 0.1) is 0 Å². The van der Waals surface area contributed by atoms with E-state index in [2.05, 4.69) is 26.1 Å². The second kappa shape index (κ2) is 12.2. The van der Waals surface area contributed by atoms with Gasteiger partial charge in [-0.15, -0.1) is 0 Å². The monoisotopic (exact) mass is 159 g/mol. The first-order chi connectivity index (χ1) is 4.76. The SMILES string of the molecule is CNC.C[CH2][Al]([CH2]C)[CH2]C. The minimum atomic E-state index is -0.171. The number of hydrogen-bond acceptors (Lipinski definition) is 1. The van der Waals surface area contributed by atoms with Crippen molar-refractivity contribution in [2.45, 2.75) is 36.6 Å². The Kier molecular flexibility index (Phi) is 16.0. The molecule has 0 aliphatic carbocycles. The van der Waals surface area contributed by atoms with Crippen molar-refractivity contribution in [3.63, 3.8) is 0 Å². The lowest BCUT2D eigenvalue weighted by molar-refractivity contribution is 1.02. The van der Waals surface area contributed by atoms with Crippen molar-refractivity contribution in [3.05, 3.63) is 0 Å². The van der Waals surface area contributed by atoms with E-state index in [0.29, 0.717) is 0 Å². The van der Waals surface area contributed by atoms with Crippen LogP contribution in [-0.4, -0.2) is 28.2 Å². The van der Waals surface area contributed by atoms with Crippen LogP contribution in [0.2, 0.25) is 15.8 Å². The quantitative estimate of drug-likeness (QED) is 0.623. The van der Waals surface area contributed by atoms with Gasteiger partial charge in [0, 0.05) is 0 Å². The fraction of sp³-hybridized carbons (Fsp3) is 1.00. The maximum Gasteiger partial charge on any atom is 0.261 e. The molecule has 1 nitrogen and oxygen atoms in total. The summed E-state index contributed by atoms with van der Waals surface area (Å²) >= 11 is -0.171. The normalized spacial score (nSPS) is 8.10. The first kappa shape index (κ1) is 13.1. The summed E-state index contributed by atoms with van der Waals surface area (Å²) in [5.41, 5.74) is 0. The third kappa shape index (κ3) is 11.3. The molecule has 0 rings (SSSR count). The van der Waals surface area contributed by atoms with Gasteiger partial charge in [0.15, 0.2) is 0 Å². The molecule has 0 aliphatic rings. The van der Waals surface area contributed by atoms with Gasteiger partial charge in [-0.2, -0.15) is 0 Å². The summed E-state index contributed by atoms with van der Waals surface area (Å²) in [5, 5.41) is 7.23. The van der Waals surface area contributed by atoms with Gasteiger partial charge in [0.2, 0.25) is 0 Å². The van der Waals surface area contributed by atoms with Crippen molar-refractivity contribution >= 4 is 14.1 Å². The Morgan fingerprint density at radius 1 is 0.900 bits per heavy atom. The predicted molar refractivity (Wildman–Crippen MR) is 52.2 cm³/mol. The van der Waals surface area contributed by atoms with Gasteiger partial charge >= 0.3 is 0 Å². The van der Waals surface area contributed by atoms with Crippen molar-refractivity contribution < 1.29 is 0 Å². The van der Waals surface area contributed by atoms with Crippen LogP contribution in [-0.2, 0) is 0 Å². The molecule has 0 heterocycles. The van der Waals surface area contributed by atoms with E-state index in [-0.39, 0.29) is 14.1 Å². The molecule has 1 N–H and O–H groups in total. The van der Waals surface area contributed by atoms with Gasteiger partial charge in [0.25, 0.3) is 14.1 Å². The zero-order valence-corrected chi connectivity index (χ0v) is 9.35. The highest BCUT2D eigenvalue weighted by atomic mass is 27.2. The summed E-state index contributed by atoms with van der Waals surface area (Å²) < 4.78 is 0. The molecule has 0 saturated heterocycles. The Morgan fingerprint density at radius 3 is 1.10 bits per heavy atom. The standard InChI is InChI=1S/C2H7N.3C2H5.Al/c1-3-2;3*1-2;/h3H,1-2H3;3*1H2,2H3;. The van der Waals surface area contributed by atoms with Crippen molar-refractivity contribution in [2.24, 2.45) is 0 Å². The first-order valence-electron chi connectivity index (χ1n) is 4.35. The summed E-state index contributed by atoms with van der Waals surface area (Å²) in [6, 6.07) is 0. The average molecular weight is 159 g/mol. The molecule has 0 aromatic rings. The summed E-state index contributed by atoms with van der Waals surface area (Å²) in [7, 11) is 3.75. The van der Waals surface area contributed by atoms with Crippen molar-refractivity contribution in [2.75, 3.05) is 14.1 Å². The first-order valence-corrected chi connectivity index (χ1v) is 6.80. The van der Waals surface area contributed by atoms with E-state index in [9.17, 15) is 0 Å². The Hall–Kier alpha value is 0.492. The summed E-state index contributed by atoms with van der Waals surface area (Å²) in [6.45, 7) is 6.97. The van der Waals surface area contributed by atoms with E-state index in [0.717, 1.165) is 0 Å². The maximum absolute atomic E-state index is 2.75. The lowest BCUT2D eigenvalue weighted by Gasteiger charge is -1.97. The number of nitrogens with one attached hydrogen (secondary N) is 1. The summed E-state index contributed by atoms with van der Waals surface area (Å²) in [4.78, 5) is 0. The molecule has 0 aromatic heterocycles. The van der Waals surface area contributed by atoms with Gasteiger partial charge in [-0.25, -0.2) is 0 Å². The Labute approximate surface area is 70.6 Å². The van der Waals surface area contributed by atoms with Gasteiger partial charge in [-0.05, 0) is 14.1 Å².